The second-order valence-corrected chi connectivity index (χ2v) is 5.06. The minimum atomic E-state index is -0.0204. The number of aliphatic hydroxyl groups excluding tert-OH is 1. The molecule has 0 saturated heterocycles. The van der Waals surface area contributed by atoms with Crippen LogP contribution < -0.4 is 5.32 Å². The quantitative estimate of drug-likeness (QED) is 0.800. The third-order valence-electron chi connectivity index (χ3n) is 3.57. The van der Waals surface area contributed by atoms with E-state index in [0.717, 1.165) is 18.4 Å². The summed E-state index contributed by atoms with van der Waals surface area (Å²) in [5.41, 5.74) is 2.41. The molecule has 2 aromatic carbocycles. The Morgan fingerprint density at radius 2 is 1.35 bits per heavy atom. The molecule has 0 saturated carbocycles. The Morgan fingerprint density at radius 1 is 0.850 bits per heavy atom. The molecule has 2 N–H and O–H groups in total. The molecular formula is C18H23NO. The van der Waals surface area contributed by atoms with Gasteiger partial charge in [0.2, 0.25) is 0 Å². The van der Waals surface area contributed by atoms with Gasteiger partial charge >= 0.3 is 0 Å². The summed E-state index contributed by atoms with van der Waals surface area (Å²) < 4.78 is 0. The van der Waals surface area contributed by atoms with Crippen molar-refractivity contribution < 1.29 is 5.11 Å². The smallest absolute Gasteiger partial charge is 0.0626 e. The molecule has 2 rings (SSSR count). The topological polar surface area (TPSA) is 32.3 Å². The van der Waals surface area contributed by atoms with Gasteiger partial charge in [0.25, 0.3) is 0 Å². The van der Waals surface area contributed by atoms with E-state index >= 15 is 0 Å². The SMILES string of the molecule is CCCC(N[C@@H](CO)c1ccccc1)c1ccccc1. The molecule has 2 aromatic rings. The van der Waals surface area contributed by atoms with Crippen LogP contribution in [0, 0.1) is 0 Å². The molecule has 2 atom stereocenters. The fourth-order valence-electron chi connectivity index (χ4n) is 2.50. The number of nitrogens with one attached hydrogen (secondary N) is 1. The van der Waals surface area contributed by atoms with E-state index < -0.39 is 0 Å². The van der Waals surface area contributed by atoms with Crippen LogP contribution in [0.1, 0.15) is 43.0 Å². The Labute approximate surface area is 121 Å². The molecule has 2 heteroatoms. The lowest BCUT2D eigenvalue weighted by Crippen LogP contribution is -2.29. The third kappa shape index (κ3) is 3.92. The van der Waals surface area contributed by atoms with Crippen molar-refractivity contribution in [2.24, 2.45) is 0 Å². The van der Waals surface area contributed by atoms with E-state index in [1.807, 2.05) is 24.3 Å². The maximum atomic E-state index is 9.68. The predicted octanol–water partition coefficient (Wildman–Crippen LogP) is 3.85. The third-order valence-corrected chi connectivity index (χ3v) is 3.57. The van der Waals surface area contributed by atoms with Crippen LogP contribution in [0.3, 0.4) is 0 Å². The van der Waals surface area contributed by atoms with E-state index in [2.05, 4.69) is 48.6 Å². The summed E-state index contributed by atoms with van der Waals surface area (Å²) in [5, 5.41) is 13.3. The minimum absolute atomic E-state index is 0.0204. The maximum absolute atomic E-state index is 9.68. The normalized spacial score (nSPS) is 13.9. The summed E-state index contributed by atoms with van der Waals surface area (Å²) in [7, 11) is 0. The van der Waals surface area contributed by atoms with Crippen LogP contribution >= 0.6 is 0 Å². The Bertz CT molecular complexity index is 483. The summed E-state index contributed by atoms with van der Waals surface area (Å²) in [6.07, 6.45) is 2.17. The summed E-state index contributed by atoms with van der Waals surface area (Å²) in [4.78, 5) is 0. The van der Waals surface area contributed by atoms with E-state index in [9.17, 15) is 5.11 Å². The van der Waals surface area contributed by atoms with Gasteiger partial charge in [0.05, 0.1) is 12.6 Å². The first kappa shape index (κ1) is 14.8. The zero-order valence-electron chi connectivity index (χ0n) is 12.0. The largest absolute Gasteiger partial charge is 0.394 e. The van der Waals surface area contributed by atoms with Gasteiger partial charge in [-0.15, -0.1) is 0 Å². The lowest BCUT2D eigenvalue weighted by molar-refractivity contribution is 0.230. The van der Waals surface area contributed by atoms with Crippen LogP contribution in [0.4, 0.5) is 0 Å². The van der Waals surface area contributed by atoms with Crippen molar-refractivity contribution in [2.75, 3.05) is 6.61 Å². The maximum Gasteiger partial charge on any atom is 0.0626 e. The van der Waals surface area contributed by atoms with E-state index in [4.69, 9.17) is 0 Å². The first-order chi connectivity index (χ1) is 9.85. The Balaban J connectivity index is 2.14. The molecule has 0 aliphatic heterocycles. The van der Waals surface area contributed by atoms with Gasteiger partial charge in [0, 0.05) is 6.04 Å². The van der Waals surface area contributed by atoms with Crippen molar-refractivity contribution in [2.45, 2.75) is 31.8 Å². The molecule has 0 amide bonds. The summed E-state index contributed by atoms with van der Waals surface area (Å²) in [6, 6.07) is 20.8. The average Bonchev–Trinajstić information content (AvgIpc) is 2.53. The predicted molar refractivity (Wildman–Crippen MR) is 83.5 cm³/mol. The van der Waals surface area contributed by atoms with Crippen LogP contribution in [0.25, 0.3) is 0 Å². The fraction of sp³-hybridized carbons (Fsp3) is 0.333. The second-order valence-electron chi connectivity index (χ2n) is 5.06. The highest BCUT2D eigenvalue weighted by molar-refractivity contribution is 5.22. The van der Waals surface area contributed by atoms with Gasteiger partial charge in [-0.1, -0.05) is 74.0 Å². The lowest BCUT2D eigenvalue weighted by Gasteiger charge is -2.25. The molecule has 0 aliphatic rings. The van der Waals surface area contributed by atoms with Gasteiger partial charge in [0.1, 0.15) is 0 Å². The molecule has 20 heavy (non-hydrogen) atoms. The zero-order valence-corrected chi connectivity index (χ0v) is 12.0. The Hall–Kier alpha value is -1.64. The number of aliphatic hydroxyl groups is 1. The molecular weight excluding hydrogens is 246 g/mol. The number of hydrogen-bond donors (Lipinski definition) is 2. The zero-order chi connectivity index (χ0) is 14.2. The fourth-order valence-corrected chi connectivity index (χ4v) is 2.50. The number of rotatable bonds is 7. The molecule has 0 heterocycles. The Kier molecular flexibility index (Phi) is 5.78. The molecule has 0 fully saturated rings. The van der Waals surface area contributed by atoms with E-state index in [-0.39, 0.29) is 18.7 Å². The summed E-state index contributed by atoms with van der Waals surface area (Å²) >= 11 is 0. The van der Waals surface area contributed by atoms with Crippen molar-refractivity contribution in [1.82, 2.24) is 5.32 Å². The molecule has 1 unspecified atom stereocenters. The second kappa shape index (κ2) is 7.83. The molecule has 0 spiro atoms. The van der Waals surface area contributed by atoms with Crippen LogP contribution in [0.5, 0.6) is 0 Å². The average molecular weight is 269 g/mol. The van der Waals surface area contributed by atoms with Gasteiger partial charge in [-0.3, -0.25) is 0 Å². The highest BCUT2D eigenvalue weighted by Crippen LogP contribution is 2.23. The van der Waals surface area contributed by atoms with Gasteiger partial charge in [-0.05, 0) is 17.5 Å². The molecule has 106 valence electrons. The number of benzene rings is 2. The molecule has 0 bridgehead atoms. The highest BCUT2D eigenvalue weighted by atomic mass is 16.3. The molecule has 2 nitrogen and oxygen atoms in total. The van der Waals surface area contributed by atoms with Gasteiger partial charge in [-0.25, -0.2) is 0 Å². The van der Waals surface area contributed by atoms with E-state index in [1.165, 1.54) is 5.56 Å². The van der Waals surface area contributed by atoms with E-state index in [1.54, 1.807) is 0 Å². The summed E-state index contributed by atoms with van der Waals surface area (Å²) in [5.74, 6) is 0. The van der Waals surface area contributed by atoms with Crippen molar-refractivity contribution in [3.05, 3.63) is 71.8 Å². The molecule has 0 aromatic heterocycles. The van der Waals surface area contributed by atoms with Crippen LogP contribution in [-0.2, 0) is 0 Å². The van der Waals surface area contributed by atoms with E-state index in [0.29, 0.717) is 0 Å². The number of hydrogen-bond acceptors (Lipinski definition) is 2. The van der Waals surface area contributed by atoms with Gasteiger partial charge in [-0.2, -0.15) is 0 Å². The van der Waals surface area contributed by atoms with Crippen molar-refractivity contribution in [3.8, 4) is 0 Å². The van der Waals surface area contributed by atoms with Crippen molar-refractivity contribution >= 4 is 0 Å². The van der Waals surface area contributed by atoms with Crippen molar-refractivity contribution in [1.29, 1.82) is 0 Å². The molecule has 0 aliphatic carbocycles. The van der Waals surface area contributed by atoms with Crippen molar-refractivity contribution in [3.63, 3.8) is 0 Å². The first-order valence-electron chi connectivity index (χ1n) is 7.32. The van der Waals surface area contributed by atoms with Crippen LogP contribution in [-0.4, -0.2) is 11.7 Å². The van der Waals surface area contributed by atoms with Gasteiger partial charge < -0.3 is 10.4 Å². The highest BCUT2D eigenvalue weighted by Gasteiger charge is 2.16. The summed E-state index contributed by atoms with van der Waals surface area (Å²) in [6.45, 7) is 2.30. The lowest BCUT2D eigenvalue weighted by atomic mass is 9.99. The van der Waals surface area contributed by atoms with Gasteiger partial charge in [0.15, 0.2) is 0 Å². The van der Waals surface area contributed by atoms with Crippen LogP contribution in [0.15, 0.2) is 60.7 Å². The molecule has 0 radical (unpaired) electrons. The standard InChI is InChI=1S/C18H23NO/c1-2-9-17(15-10-5-3-6-11-15)19-18(14-20)16-12-7-4-8-13-16/h3-8,10-13,17-20H,2,9,14H2,1H3/t17?,18-/m0/s1. The first-order valence-corrected chi connectivity index (χ1v) is 7.32. The minimum Gasteiger partial charge on any atom is -0.394 e. The monoisotopic (exact) mass is 269 g/mol. The Morgan fingerprint density at radius 3 is 1.80 bits per heavy atom. The van der Waals surface area contributed by atoms with Crippen LogP contribution in [0.2, 0.25) is 0 Å².